The zero-order chi connectivity index (χ0) is 23.7. The Morgan fingerprint density at radius 2 is 1.50 bits per heavy atom. The van der Waals surface area contributed by atoms with Gasteiger partial charge < -0.3 is 9.47 Å². The molecule has 0 bridgehead atoms. The second-order valence-corrected chi connectivity index (χ2v) is 7.80. The van der Waals surface area contributed by atoms with E-state index in [0.717, 1.165) is 5.56 Å². The maximum atomic E-state index is 13.2. The Morgan fingerprint density at radius 3 is 2.00 bits per heavy atom. The molecule has 0 N–H and O–H groups in total. The van der Waals surface area contributed by atoms with Crippen molar-refractivity contribution >= 4 is 5.97 Å². The Morgan fingerprint density at radius 1 is 0.938 bits per heavy atom. The van der Waals surface area contributed by atoms with Gasteiger partial charge >= 0.3 is 18.3 Å². The summed E-state index contributed by atoms with van der Waals surface area (Å²) in [6.45, 7) is 1.41. The lowest BCUT2D eigenvalue weighted by atomic mass is 9.87. The molecule has 1 saturated carbocycles. The third-order valence-electron chi connectivity index (χ3n) is 5.74. The first-order chi connectivity index (χ1) is 14.9. The molecule has 3 nitrogen and oxygen atoms in total. The maximum absolute atomic E-state index is 13.2. The van der Waals surface area contributed by atoms with Gasteiger partial charge in [-0.2, -0.15) is 26.3 Å². The van der Waals surface area contributed by atoms with Gasteiger partial charge in [-0.05, 0) is 49.1 Å². The zero-order valence-electron chi connectivity index (χ0n) is 17.3. The summed E-state index contributed by atoms with van der Waals surface area (Å²) < 4.78 is 90.1. The molecule has 9 heteroatoms. The van der Waals surface area contributed by atoms with Gasteiger partial charge in [-0.3, -0.25) is 4.79 Å². The van der Waals surface area contributed by atoms with Gasteiger partial charge in [-0.1, -0.05) is 30.3 Å². The smallest absolute Gasteiger partial charge is 0.416 e. The monoisotopic (exact) mass is 460 g/mol. The number of carbonyl (C=O) groups is 1. The highest BCUT2D eigenvalue weighted by Gasteiger charge is 2.43. The molecule has 3 rings (SSSR count). The fourth-order valence-electron chi connectivity index (χ4n) is 4.21. The molecule has 0 spiro atoms. The number of hydrogen-bond donors (Lipinski definition) is 0. The summed E-state index contributed by atoms with van der Waals surface area (Å²) in [6.07, 6.45) is -10.7. The first-order valence-electron chi connectivity index (χ1n) is 9.99. The van der Waals surface area contributed by atoms with Gasteiger partial charge in [0.15, 0.2) is 0 Å². The lowest BCUT2D eigenvalue weighted by Crippen LogP contribution is -2.27. The Bertz CT molecular complexity index is 907. The van der Waals surface area contributed by atoms with Crippen molar-refractivity contribution in [3.05, 3.63) is 70.8 Å². The zero-order valence-corrected chi connectivity index (χ0v) is 17.3. The van der Waals surface area contributed by atoms with Gasteiger partial charge in [0.2, 0.25) is 0 Å². The van der Waals surface area contributed by atoms with Crippen LogP contribution in [-0.4, -0.2) is 19.2 Å². The maximum Gasteiger partial charge on any atom is 0.416 e. The fraction of sp³-hybridized carbons (Fsp3) is 0.435. The van der Waals surface area contributed by atoms with Gasteiger partial charge in [-0.15, -0.1) is 0 Å². The largest absolute Gasteiger partial charge is 0.469 e. The predicted octanol–water partition coefficient (Wildman–Crippen LogP) is 6.54. The summed E-state index contributed by atoms with van der Waals surface area (Å²) in [5.41, 5.74) is -2.23. The highest BCUT2D eigenvalue weighted by Crippen LogP contribution is 2.45. The summed E-state index contributed by atoms with van der Waals surface area (Å²) >= 11 is 0. The second-order valence-electron chi connectivity index (χ2n) is 7.80. The predicted molar refractivity (Wildman–Crippen MR) is 104 cm³/mol. The van der Waals surface area contributed by atoms with E-state index in [2.05, 4.69) is 0 Å². The van der Waals surface area contributed by atoms with Gasteiger partial charge in [0.05, 0.1) is 36.4 Å². The van der Waals surface area contributed by atoms with E-state index in [-0.39, 0.29) is 11.6 Å². The quantitative estimate of drug-likeness (QED) is 0.376. The molecule has 174 valence electrons. The number of methoxy groups -OCH3 is 1. The molecule has 0 saturated heterocycles. The standard InChI is InChI=1S/C23H22F6O3/c1-13(15-10-16(22(24,25)26)12-17(11-15)23(27,28)29)32-19-9-8-18(21(30)31-2)20(19)14-6-4-3-5-7-14/h3-7,10-13,18-20H,8-9H2,1-2H3. The van der Waals surface area contributed by atoms with Crippen LogP contribution in [0, 0.1) is 5.92 Å². The van der Waals surface area contributed by atoms with Crippen molar-refractivity contribution in [2.24, 2.45) is 5.92 Å². The van der Waals surface area contributed by atoms with E-state index in [1.807, 2.05) is 0 Å². The summed E-state index contributed by atoms with van der Waals surface area (Å²) in [5, 5.41) is 0. The van der Waals surface area contributed by atoms with Crippen LogP contribution in [0.3, 0.4) is 0 Å². The summed E-state index contributed by atoms with van der Waals surface area (Å²) in [7, 11) is 1.27. The average molecular weight is 460 g/mol. The van der Waals surface area contributed by atoms with Crippen LogP contribution >= 0.6 is 0 Å². The van der Waals surface area contributed by atoms with E-state index in [4.69, 9.17) is 9.47 Å². The van der Waals surface area contributed by atoms with Crippen LogP contribution in [0.25, 0.3) is 0 Å². The van der Waals surface area contributed by atoms with Crippen LogP contribution < -0.4 is 0 Å². The highest BCUT2D eigenvalue weighted by atomic mass is 19.4. The number of benzene rings is 2. The van der Waals surface area contributed by atoms with Gasteiger partial charge in [0.25, 0.3) is 0 Å². The highest BCUT2D eigenvalue weighted by molar-refractivity contribution is 5.74. The molecule has 0 radical (unpaired) electrons. The minimum absolute atomic E-state index is 0.0891. The summed E-state index contributed by atoms with van der Waals surface area (Å²) in [4.78, 5) is 12.3. The Labute approximate surface area is 181 Å². The van der Waals surface area contributed by atoms with Crippen LogP contribution in [0.4, 0.5) is 26.3 Å². The molecule has 0 aliphatic heterocycles. The molecular formula is C23H22F6O3. The molecule has 4 unspecified atom stereocenters. The van der Waals surface area contributed by atoms with Crippen LogP contribution in [0.5, 0.6) is 0 Å². The molecule has 1 aliphatic rings. The van der Waals surface area contributed by atoms with Crippen molar-refractivity contribution in [2.45, 2.75) is 50.2 Å². The number of rotatable bonds is 5. The first-order valence-corrected chi connectivity index (χ1v) is 9.99. The van der Waals surface area contributed by atoms with E-state index >= 15 is 0 Å². The minimum atomic E-state index is -4.94. The van der Waals surface area contributed by atoms with Crippen molar-refractivity contribution in [1.82, 2.24) is 0 Å². The van der Waals surface area contributed by atoms with Gasteiger partial charge in [-0.25, -0.2) is 0 Å². The van der Waals surface area contributed by atoms with Crippen molar-refractivity contribution < 1.29 is 40.6 Å². The number of ether oxygens (including phenoxy) is 2. The van der Waals surface area contributed by atoms with Crippen LogP contribution in [0.1, 0.15) is 54.0 Å². The molecule has 4 atom stereocenters. The third-order valence-corrected chi connectivity index (χ3v) is 5.74. The third kappa shape index (κ3) is 5.26. The van der Waals surface area contributed by atoms with Crippen molar-refractivity contribution in [2.75, 3.05) is 7.11 Å². The number of esters is 1. The average Bonchev–Trinajstić information content (AvgIpc) is 3.15. The Balaban J connectivity index is 1.93. The first kappa shape index (κ1) is 24.1. The van der Waals surface area contributed by atoms with E-state index in [9.17, 15) is 31.1 Å². The molecule has 2 aromatic rings. The SMILES string of the molecule is COC(=O)C1CCC(OC(C)c2cc(C(F)(F)F)cc(C(F)(F)F)c2)C1c1ccccc1. The Hall–Kier alpha value is -2.55. The molecule has 0 heterocycles. The molecule has 0 amide bonds. The Kier molecular flexibility index (Phi) is 6.88. The van der Waals surface area contributed by atoms with E-state index in [0.29, 0.717) is 25.0 Å². The fourth-order valence-corrected chi connectivity index (χ4v) is 4.21. The summed E-state index contributed by atoms with van der Waals surface area (Å²) in [5.74, 6) is -1.39. The molecule has 1 fully saturated rings. The topological polar surface area (TPSA) is 35.5 Å². The number of halogens is 6. The molecule has 0 aromatic heterocycles. The van der Waals surface area contributed by atoms with Crippen molar-refractivity contribution in [3.8, 4) is 0 Å². The second kappa shape index (κ2) is 9.13. The molecule has 1 aliphatic carbocycles. The van der Waals surface area contributed by atoms with Crippen LogP contribution in [0.15, 0.2) is 48.5 Å². The van der Waals surface area contributed by atoms with E-state index in [1.54, 1.807) is 30.3 Å². The van der Waals surface area contributed by atoms with Crippen molar-refractivity contribution in [3.63, 3.8) is 0 Å². The lowest BCUT2D eigenvalue weighted by molar-refractivity contribution is -0.147. The van der Waals surface area contributed by atoms with E-state index < -0.39 is 53.5 Å². The molecule has 32 heavy (non-hydrogen) atoms. The molecule has 2 aromatic carbocycles. The number of carbonyl (C=O) groups excluding carboxylic acids is 1. The summed E-state index contributed by atoms with van der Waals surface area (Å²) in [6, 6.07) is 10.4. The lowest BCUT2D eigenvalue weighted by Gasteiger charge is -2.28. The molecular weight excluding hydrogens is 438 g/mol. The van der Waals surface area contributed by atoms with E-state index in [1.165, 1.54) is 14.0 Å². The van der Waals surface area contributed by atoms with Crippen LogP contribution in [0.2, 0.25) is 0 Å². The normalized spacial score (nSPS) is 22.6. The van der Waals surface area contributed by atoms with Crippen molar-refractivity contribution in [1.29, 1.82) is 0 Å². The van der Waals surface area contributed by atoms with Gasteiger partial charge in [0.1, 0.15) is 0 Å². The number of hydrogen-bond acceptors (Lipinski definition) is 3. The minimum Gasteiger partial charge on any atom is -0.469 e. The van der Waals surface area contributed by atoms with Crippen LogP contribution in [-0.2, 0) is 26.6 Å². The number of alkyl halides is 6. The van der Waals surface area contributed by atoms with Gasteiger partial charge in [0, 0.05) is 5.92 Å².